The summed E-state index contributed by atoms with van der Waals surface area (Å²) in [6.07, 6.45) is 0. The number of thioether (sulfide) groups is 1. The number of aryl methyl sites for hydroxylation is 2. The Hall–Kier alpha value is -1.64. The average Bonchev–Trinajstić information content (AvgIpc) is 2.97. The van der Waals surface area contributed by atoms with Gasteiger partial charge in [0.2, 0.25) is 11.0 Å². The topological polar surface area (TPSA) is 76.1 Å². The molecule has 2 N–H and O–H groups in total. The van der Waals surface area contributed by atoms with Crippen LogP contribution in [-0.4, -0.2) is 41.6 Å². The molecular weight excluding hydrogens is 344 g/mol. The van der Waals surface area contributed by atoms with Crippen LogP contribution in [0.1, 0.15) is 18.1 Å². The highest BCUT2D eigenvalue weighted by atomic mass is 32.2. The fourth-order valence-corrected chi connectivity index (χ4v) is 3.58. The minimum absolute atomic E-state index is 0.000440. The third-order valence-corrected chi connectivity index (χ3v) is 5.29. The highest BCUT2D eigenvalue weighted by Gasteiger charge is 2.10. The first-order valence-electron chi connectivity index (χ1n) is 7.57. The van der Waals surface area contributed by atoms with Crippen LogP contribution in [-0.2, 0) is 9.53 Å². The van der Waals surface area contributed by atoms with Crippen molar-refractivity contribution in [1.29, 1.82) is 0 Å². The first-order chi connectivity index (χ1) is 11.5. The second kappa shape index (κ2) is 9.00. The number of ether oxygens (including phenoxy) is 1. The molecular formula is C16H22N4O2S2. The van der Waals surface area contributed by atoms with Gasteiger partial charge in [0.25, 0.3) is 0 Å². The van der Waals surface area contributed by atoms with Crippen molar-refractivity contribution in [1.82, 2.24) is 15.5 Å². The number of benzene rings is 1. The summed E-state index contributed by atoms with van der Waals surface area (Å²) in [6, 6.07) is 6.16. The number of hydrogen-bond donors (Lipinski definition) is 2. The van der Waals surface area contributed by atoms with E-state index in [4.69, 9.17) is 4.74 Å². The zero-order chi connectivity index (χ0) is 17.5. The molecule has 0 radical (unpaired) electrons. The second-order valence-corrected chi connectivity index (χ2v) is 7.71. The van der Waals surface area contributed by atoms with Crippen LogP contribution >= 0.6 is 23.1 Å². The Labute approximate surface area is 150 Å². The lowest BCUT2D eigenvalue weighted by atomic mass is 10.1. The zero-order valence-corrected chi connectivity index (χ0v) is 15.9. The molecule has 1 heterocycles. The fourth-order valence-electron chi connectivity index (χ4n) is 2.00. The third-order valence-electron chi connectivity index (χ3n) is 3.32. The number of aromatic nitrogens is 2. The fraction of sp³-hybridized carbons (Fsp3) is 0.438. The average molecular weight is 367 g/mol. The van der Waals surface area contributed by atoms with Crippen LogP contribution in [0, 0.1) is 13.8 Å². The van der Waals surface area contributed by atoms with Crippen LogP contribution in [0.15, 0.2) is 22.5 Å². The number of carbonyl (C=O) groups is 1. The van der Waals surface area contributed by atoms with Gasteiger partial charge in [0.15, 0.2) is 4.34 Å². The summed E-state index contributed by atoms with van der Waals surface area (Å²) >= 11 is 2.81. The smallest absolute Gasteiger partial charge is 0.230 e. The van der Waals surface area contributed by atoms with Crippen LogP contribution < -0.4 is 10.6 Å². The Bertz CT molecular complexity index is 690. The molecule has 0 bridgehead atoms. The largest absolute Gasteiger partial charge is 0.383 e. The molecule has 0 aliphatic heterocycles. The van der Waals surface area contributed by atoms with Crippen LogP contribution in [0.3, 0.4) is 0 Å². The van der Waals surface area contributed by atoms with Gasteiger partial charge in [-0.2, -0.15) is 0 Å². The predicted molar refractivity (Wildman–Crippen MR) is 99.3 cm³/mol. The quantitative estimate of drug-likeness (QED) is 0.699. The second-order valence-electron chi connectivity index (χ2n) is 5.51. The first-order valence-corrected chi connectivity index (χ1v) is 9.37. The lowest BCUT2D eigenvalue weighted by Crippen LogP contribution is -2.36. The number of anilines is 2. The van der Waals surface area contributed by atoms with Gasteiger partial charge in [-0.25, -0.2) is 0 Å². The van der Waals surface area contributed by atoms with Crippen molar-refractivity contribution in [2.24, 2.45) is 0 Å². The standard InChI is InChI=1S/C16H22N4O2S2/c1-10-5-6-13(7-11(10)2)18-15-19-20-16(24-15)23-9-14(21)17-12(3)8-22-4/h5-7,12H,8-9H2,1-4H3,(H,17,21)(H,18,19)/t12-/m1/s1. The molecule has 2 rings (SSSR count). The summed E-state index contributed by atoms with van der Waals surface area (Å²) in [7, 11) is 1.61. The molecule has 8 heteroatoms. The maximum atomic E-state index is 11.8. The van der Waals surface area contributed by atoms with Gasteiger partial charge in [0, 0.05) is 18.8 Å². The van der Waals surface area contributed by atoms with Crippen LogP contribution in [0.2, 0.25) is 0 Å². The van der Waals surface area contributed by atoms with Gasteiger partial charge in [-0.3, -0.25) is 4.79 Å². The van der Waals surface area contributed by atoms with Crippen molar-refractivity contribution in [3.8, 4) is 0 Å². The Balaban J connectivity index is 1.84. The van der Waals surface area contributed by atoms with E-state index >= 15 is 0 Å². The van der Waals surface area contributed by atoms with E-state index < -0.39 is 0 Å². The Kier molecular flexibility index (Phi) is 7.01. The van der Waals surface area contributed by atoms with E-state index in [1.165, 1.54) is 34.2 Å². The minimum Gasteiger partial charge on any atom is -0.383 e. The van der Waals surface area contributed by atoms with E-state index in [2.05, 4.69) is 46.8 Å². The molecule has 1 amide bonds. The van der Waals surface area contributed by atoms with E-state index in [0.29, 0.717) is 17.5 Å². The third kappa shape index (κ3) is 5.77. The van der Waals surface area contributed by atoms with Gasteiger partial charge in [-0.05, 0) is 44.0 Å². The molecule has 1 atom stereocenters. The molecule has 130 valence electrons. The van der Waals surface area contributed by atoms with Crippen molar-refractivity contribution in [2.45, 2.75) is 31.2 Å². The van der Waals surface area contributed by atoms with Crippen molar-refractivity contribution in [2.75, 3.05) is 24.8 Å². The van der Waals surface area contributed by atoms with E-state index in [1.807, 2.05) is 13.0 Å². The summed E-state index contributed by atoms with van der Waals surface area (Å²) < 4.78 is 5.75. The van der Waals surface area contributed by atoms with Crippen LogP contribution in [0.4, 0.5) is 10.8 Å². The van der Waals surface area contributed by atoms with Gasteiger partial charge in [-0.15, -0.1) is 10.2 Å². The van der Waals surface area contributed by atoms with Crippen LogP contribution in [0.25, 0.3) is 0 Å². The highest BCUT2D eigenvalue weighted by Crippen LogP contribution is 2.28. The van der Waals surface area contributed by atoms with Gasteiger partial charge in [-0.1, -0.05) is 29.2 Å². The lowest BCUT2D eigenvalue weighted by Gasteiger charge is -2.11. The summed E-state index contributed by atoms with van der Waals surface area (Å²) in [6.45, 7) is 6.56. The molecule has 1 aromatic heterocycles. The molecule has 0 fully saturated rings. The molecule has 0 aliphatic carbocycles. The van der Waals surface area contributed by atoms with E-state index in [1.54, 1.807) is 7.11 Å². The number of nitrogens with zero attached hydrogens (tertiary/aromatic N) is 2. The monoisotopic (exact) mass is 366 g/mol. The molecule has 24 heavy (non-hydrogen) atoms. The Morgan fingerprint density at radius 1 is 1.33 bits per heavy atom. The Morgan fingerprint density at radius 2 is 2.12 bits per heavy atom. The molecule has 0 aliphatic rings. The molecule has 0 unspecified atom stereocenters. The molecule has 0 saturated carbocycles. The summed E-state index contributed by atoms with van der Waals surface area (Å²) in [4.78, 5) is 11.8. The first kappa shape index (κ1) is 18.7. The summed E-state index contributed by atoms with van der Waals surface area (Å²) in [5, 5.41) is 15.0. The predicted octanol–water partition coefficient (Wildman–Crippen LogP) is 3.14. The lowest BCUT2D eigenvalue weighted by molar-refractivity contribution is -0.119. The normalized spacial score (nSPS) is 12.0. The van der Waals surface area contributed by atoms with Gasteiger partial charge >= 0.3 is 0 Å². The van der Waals surface area contributed by atoms with Crippen LogP contribution in [0.5, 0.6) is 0 Å². The number of amides is 1. The summed E-state index contributed by atoms with van der Waals surface area (Å²) in [5.74, 6) is 0.273. The van der Waals surface area contributed by atoms with E-state index in [0.717, 1.165) is 10.0 Å². The molecule has 0 saturated heterocycles. The maximum Gasteiger partial charge on any atom is 0.230 e. The van der Waals surface area contributed by atoms with Crippen molar-refractivity contribution < 1.29 is 9.53 Å². The highest BCUT2D eigenvalue weighted by molar-refractivity contribution is 8.01. The maximum absolute atomic E-state index is 11.8. The van der Waals surface area contributed by atoms with E-state index in [9.17, 15) is 4.79 Å². The molecule has 0 spiro atoms. The van der Waals surface area contributed by atoms with Crippen molar-refractivity contribution >= 4 is 39.8 Å². The van der Waals surface area contributed by atoms with Gasteiger partial charge < -0.3 is 15.4 Å². The number of rotatable bonds is 8. The zero-order valence-electron chi connectivity index (χ0n) is 14.3. The molecule has 2 aromatic rings. The molecule has 6 nitrogen and oxygen atoms in total. The Morgan fingerprint density at radius 3 is 2.83 bits per heavy atom. The number of nitrogens with one attached hydrogen (secondary N) is 2. The van der Waals surface area contributed by atoms with Gasteiger partial charge in [0.1, 0.15) is 0 Å². The SMILES string of the molecule is COC[C@@H](C)NC(=O)CSc1nnc(Nc2ccc(C)c(C)c2)s1. The van der Waals surface area contributed by atoms with Gasteiger partial charge in [0.05, 0.1) is 12.4 Å². The molecule has 1 aromatic carbocycles. The number of methoxy groups -OCH3 is 1. The summed E-state index contributed by atoms with van der Waals surface area (Å²) in [5.41, 5.74) is 3.46. The van der Waals surface area contributed by atoms with Crippen molar-refractivity contribution in [3.63, 3.8) is 0 Å². The van der Waals surface area contributed by atoms with Crippen molar-refractivity contribution in [3.05, 3.63) is 29.3 Å². The number of carbonyl (C=O) groups excluding carboxylic acids is 1. The number of hydrogen-bond acceptors (Lipinski definition) is 7. The van der Waals surface area contributed by atoms with E-state index in [-0.39, 0.29) is 11.9 Å². The minimum atomic E-state index is -0.0385.